The van der Waals surface area contributed by atoms with Gasteiger partial charge in [-0.25, -0.2) is 4.39 Å². The number of rotatable bonds is 6. The van der Waals surface area contributed by atoms with Crippen molar-refractivity contribution in [3.05, 3.63) is 35.6 Å². The fraction of sp³-hybridized carbons (Fsp3) is 0.500. The quantitative estimate of drug-likeness (QED) is 0.576. The van der Waals surface area contributed by atoms with E-state index in [-0.39, 0.29) is 11.9 Å². The molecule has 0 heterocycles. The average molecular weight is 226 g/mol. The molecule has 2 atom stereocenters. The van der Waals surface area contributed by atoms with E-state index in [9.17, 15) is 4.39 Å². The number of hydrogen-bond donors (Lipinski definition) is 2. The van der Waals surface area contributed by atoms with Crippen molar-refractivity contribution in [3.8, 4) is 0 Å². The molecule has 1 aromatic carbocycles. The molecule has 1 aromatic rings. The third-order valence-electron chi connectivity index (χ3n) is 2.54. The van der Waals surface area contributed by atoms with Crippen molar-refractivity contribution in [2.24, 2.45) is 11.8 Å². The molecule has 0 aliphatic rings. The van der Waals surface area contributed by atoms with Gasteiger partial charge in [0.25, 0.3) is 0 Å². The molecule has 0 saturated carbocycles. The van der Waals surface area contributed by atoms with Gasteiger partial charge >= 0.3 is 0 Å². The van der Waals surface area contributed by atoms with Crippen molar-refractivity contribution >= 4 is 0 Å². The Balaban J connectivity index is 2.67. The van der Waals surface area contributed by atoms with Crippen LogP contribution < -0.4 is 11.3 Å². The Morgan fingerprint density at radius 1 is 1.50 bits per heavy atom. The summed E-state index contributed by atoms with van der Waals surface area (Å²) < 4.78 is 18.1. The molecule has 4 heteroatoms. The third-order valence-corrected chi connectivity index (χ3v) is 2.54. The lowest BCUT2D eigenvalue weighted by molar-refractivity contribution is 0.149. The number of methoxy groups -OCH3 is 1. The summed E-state index contributed by atoms with van der Waals surface area (Å²) in [5.74, 6) is 5.62. The van der Waals surface area contributed by atoms with Crippen LogP contribution in [0.15, 0.2) is 24.3 Å². The van der Waals surface area contributed by atoms with Crippen molar-refractivity contribution in [2.45, 2.75) is 19.4 Å². The molecule has 2 unspecified atom stereocenters. The van der Waals surface area contributed by atoms with E-state index in [1.54, 1.807) is 13.2 Å². The maximum atomic E-state index is 13.1. The van der Waals surface area contributed by atoms with E-state index in [0.29, 0.717) is 12.5 Å². The lowest BCUT2D eigenvalue weighted by atomic mass is 9.97. The van der Waals surface area contributed by atoms with E-state index in [2.05, 4.69) is 12.3 Å². The van der Waals surface area contributed by atoms with Gasteiger partial charge in [-0.05, 0) is 30.0 Å². The summed E-state index contributed by atoms with van der Waals surface area (Å²) in [6, 6.07) is 6.45. The van der Waals surface area contributed by atoms with Crippen LogP contribution in [0.5, 0.6) is 0 Å². The molecular weight excluding hydrogens is 207 g/mol. The molecular formula is C12H19FN2O. The first kappa shape index (κ1) is 13.1. The van der Waals surface area contributed by atoms with Crippen LogP contribution in [0.25, 0.3) is 0 Å². The molecule has 3 nitrogen and oxygen atoms in total. The molecule has 0 amide bonds. The van der Waals surface area contributed by atoms with Gasteiger partial charge in [0.1, 0.15) is 5.82 Å². The zero-order chi connectivity index (χ0) is 12.0. The van der Waals surface area contributed by atoms with E-state index in [0.717, 1.165) is 12.0 Å². The maximum Gasteiger partial charge on any atom is 0.123 e. The predicted octanol–water partition coefficient (Wildman–Crippen LogP) is 2.00. The van der Waals surface area contributed by atoms with Crippen LogP contribution in [0.1, 0.15) is 24.9 Å². The van der Waals surface area contributed by atoms with Gasteiger partial charge in [0.2, 0.25) is 0 Å². The highest BCUT2D eigenvalue weighted by Crippen LogP contribution is 2.21. The second-order valence-corrected chi connectivity index (χ2v) is 4.07. The number of nitrogens with one attached hydrogen (secondary N) is 1. The minimum Gasteiger partial charge on any atom is -0.384 e. The third kappa shape index (κ3) is 3.89. The van der Waals surface area contributed by atoms with Crippen LogP contribution in [-0.2, 0) is 4.74 Å². The first-order chi connectivity index (χ1) is 7.67. The van der Waals surface area contributed by atoms with Gasteiger partial charge < -0.3 is 4.74 Å². The van der Waals surface area contributed by atoms with E-state index in [4.69, 9.17) is 10.6 Å². The number of halogens is 1. The standard InChI is InChI=1S/C12H19FN2O/c1-9(8-16-2)6-12(15-14)10-4-3-5-11(13)7-10/h3-5,7,9,12,15H,6,8,14H2,1-2H3. The van der Waals surface area contributed by atoms with Crippen LogP contribution in [0.4, 0.5) is 4.39 Å². The molecule has 0 saturated heterocycles. The Kier molecular flexibility index (Phi) is 5.38. The number of ether oxygens (including phenoxy) is 1. The largest absolute Gasteiger partial charge is 0.384 e. The fourth-order valence-corrected chi connectivity index (χ4v) is 1.78. The van der Waals surface area contributed by atoms with E-state index in [1.165, 1.54) is 12.1 Å². The molecule has 0 fully saturated rings. The van der Waals surface area contributed by atoms with Crippen LogP contribution >= 0.6 is 0 Å². The molecule has 0 radical (unpaired) electrons. The lowest BCUT2D eigenvalue weighted by Gasteiger charge is -2.20. The van der Waals surface area contributed by atoms with E-state index in [1.807, 2.05) is 6.07 Å². The van der Waals surface area contributed by atoms with Crippen LogP contribution in [0, 0.1) is 11.7 Å². The molecule has 0 spiro atoms. The average Bonchev–Trinajstić information content (AvgIpc) is 2.26. The summed E-state index contributed by atoms with van der Waals surface area (Å²) in [5.41, 5.74) is 3.58. The Morgan fingerprint density at radius 3 is 2.81 bits per heavy atom. The van der Waals surface area contributed by atoms with Crippen molar-refractivity contribution < 1.29 is 9.13 Å². The summed E-state index contributed by atoms with van der Waals surface area (Å²) in [5, 5.41) is 0. The molecule has 0 aliphatic heterocycles. The van der Waals surface area contributed by atoms with Crippen molar-refractivity contribution in [1.82, 2.24) is 5.43 Å². The highest BCUT2D eigenvalue weighted by Gasteiger charge is 2.14. The minimum absolute atomic E-state index is 0.0409. The summed E-state index contributed by atoms with van der Waals surface area (Å²) in [6.45, 7) is 2.75. The topological polar surface area (TPSA) is 47.3 Å². The van der Waals surface area contributed by atoms with Crippen LogP contribution in [0.2, 0.25) is 0 Å². The van der Waals surface area contributed by atoms with E-state index < -0.39 is 0 Å². The monoisotopic (exact) mass is 226 g/mol. The number of benzene rings is 1. The SMILES string of the molecule is COCC(C)CC(NN)c1cccc(F)c1. The van der Waals surface area contributed by atoms with Gasteiger partial charge in [-0.1, -0.05) is 19.1 Å². The summed E-state index contributed by atoms with van der Waals surface area (Å²) in [4.78, 5) is 0. The van der Waals surface area contributed by atoms with Gasteiger partial charge in [0.05, 0.1) is 0 Å². The fourth-order valence-electron chi connectivity index (χ4n) is 1.78. The summed E-state index contributed by atoms with van der Waals surface area (Å²) >= 11 is 0. The van der Waals surface area contributed by atoms with Gasteiger partial charge in [-0.2, -0.15) is 0 Å². The Hall–Kier alpha value is -0.970. The van der Waals surface area contributed by atoms with Gasteiger partial charge in [-0.15, -0.1) is 0 Å². The number of hydrogen-bond acceptors (Lipinski definition) is 3. The highest BCUT2D eigenvalue weighted by molar-refractivity contribution is 5.20. The lowest BCUT2D eigenvalue weighted by Crippen LogP contribution is -2.30. The summed E-state index contributed by atoms with van der Waals surface area (Å²) in [7, 11) is 1.67. The van der Waals surface area contributed by atoms with Gasteiger partial charge in [0, 0.05) is 19.8 Å². The smallest absolute Gasteiger partial charge is 0.123 e. The second kappa shape index (κ2) is 6.58. The van der Waals surface area contributed by atoms with Crippen molar-refractivity contribution in [3.63, 3.8) is 0 Å². The normalized spacial score (nSPS) is 14.8. The van der Waals surface area contributed by atoms with Crippen LogP contribution in [-0.4, -0.2) is 13.7 Å². The van der Waals surface area contributed by atoms with Crippen molar-refractivity contribution in [1.29, 1.82) is 0 Å². The second-order valence-electron chi connectivity index (χ2n) is 4.07. The van der Waals surface area contributed by atoms with Gasteiger partial charge in [-0.3, -0.25) is 11.3 Å². The zero-order valence-corrected chi connectivity index (χ0v) is 9.74. The summed E-state index contributed by atoms with van der Waals surface area (Å²) in [6.07, 6.45) is 0.813. The minimum atomic E-state index is -0.239. The Labute approximate surface area is 95.8 Å². The van der Waals surface area contributed by atoms with Crippen molar-refractivity contribution in [2.75, 3.05) is 13.7 Å². The molecule has 3 N–H and O–H groups in total. The maximum absolute atomic E-state index is 13.1. The Morgan fingerprint density at radius 2 is 2.25 bits per heavy atom. The zero-order valence-electron chi connectivity index (χ0n) is 9.74. The Bertz CT molecular complexity index is 320. The molecule has 0 aromatic heterocycles. The molecule has 90 valence electrons. The molecule has 16 heavy (non-hydrogen) atoms. The first-order valence-electron chi connectivity index (χ1n) is 5.38. The van der Waals surface area contributed by atoms with Crippen LogP contribution in [0.3, 0.4) is 0 Å². The predicted molar refractivity (Wildman–Crippen MR) is 62.1 cm³/mol. The molecule has 0 aliphatic carbocycles. The molecule has 1 rings (SSSR count). The highest BCUT2D eigenvalue weighted by atomic mass is 19.1. The first-order valence-corrected chi connectivity index (χ1v) is 5.38. The molecule has 0 bridgehead atoms. The van der Waals surface area contributed by atoms with Gasteiger partial charge in [0.15, 0.2) is 0 Å². The van der Waals surface area contributed by atoms with E-state index >= 15 is 0 Å². The number of nitrogens with two attached hydrogens (primary N) is 1. The number of hydrazine groups is 1.